The maximum Gasteiger partial charge on any atom is 0.00411 e. The van der Waals surface area contributed by atoms with Gasteiger partial charge in [0, 0.05) is 11.3 Å². The molecule has 0 aliphatic heterocycles. The van der Waals surface area contributed by atoms with E-state index in [0.717, 1.165) is 17.7 Å². The summed E-state index contributed by atoms with van der Waals surface area (Å²) >= 11 is 1.95. The van der Waals surface area contributed by atoms with Crippen molar-refractivity contribution >= 4 is 11.8 Å². The average Bonchev–Trinajstić information content (AvgIpc) is 2.02. The van der Waals surface area contributed by atoms with Crippen molar-refractivity contribution < 1.29 is 0 Å². The Labute approximate surface area is 88.1 Å². The van der Waals surface area contributed by atoms with Gasteiger partial charge >= 0.3 is 0 Å². The number of thioether (sulfide) groups is 1. The van der Waals surface area contributed by atoms with Crippen LogP contribution in [0, 0.1) is 5.92 Å². The first kappa shape index (κ1) is 13.3. The van der Waals surface area contributed by atoms with Crippen LogP contribution in [-0.4, -0.2) is 24.1 Å². The molecule has 1 nitrogen and oxygen atoms in total. The average molecular weight is 203 g/mol. The minimum atomic E-state index is 0.675. The van der Waals surface area contributed by atoms with E-state index in [1.165, 1.54) is 12.8 Å². The number of rotatable bonds is 7. The summed E-state index contributed by atoms with van der Waals surface area (Å²) in [5, 5.41) is 4.36. The Kier molecular flexibility index (Phi) is 7.87. The quantitative estimate of drug-likeness (QED) is 0.682. The fraction of sp³-hybridized carbons (Fsp3) is 1.00. The summed E-state index contributed by atoms with van der Waals surface area (Å²) in [6.45, 7) is 10.3. The highest BCUT2D eigenvalue weighted by Crippen LogP contribution is 2.09. The van der Waals surface area contributed by atoms with E-state index in [9.17, 15) is 0 Å². The monoisotopic (exact) mass is 203 g/mol. The van der Waals surface area contributed by atoms with Crippen LogP contribution in [0.3, 0.4) is 0 Å². The fourth-order valence-electron chi connectivity index (χ4n) is 1.44. The molecule has 0 saturated carbocycles. The molecule has 0 heterocycles. The van der Waals surface area contributed by atoms with Crippen LogP contribution < -0.4 is 5.32 Å². The van der Waals surface area contributed by atoms with Crippen LogP contribution in [0.5, 0.6) is 0 Å². The Morgan fingerprint density at radius 2 is 1.77 bits per heavy atom. The third-order valence-electron chi connectivity index (χ3n) is 2.27. The van der Waals surface area contributed by atoms with Crippen molar-refractivity contribution in [1.29, 1.82) is 0 Å². The predicted molar refractivity (Wildman–Crippen MR) is 64.5 cm³/mol. The zero-order valence-electron chi connectivity index (χ0n) is 9.76. The van der Waals surface area contributed by atoms with Crippen LogP contribution in [0.25, 0.3) is 0 Å². The SMILES string of the molecule is CSC(C)CCNC(C)CC(C)C. The fourth-order valence-corrected chi connectivity index (χ4v) is 1.79. The highest BCUT2D eigenvalue weighted by atomic mass is 32.2. The largest absolute Gasteiger partial charge is 0.314 e. The lowest BCUT2D eigenvalue weighted by Crippen LogP contribution is -2.29. The molecule has 13 heavy (non-hydrogen) atoms. The minimum Gasteiger partial charge on any atom is -0.314 e. The van der Waals surface area contributed by atoms with Crippen molar-refractivity contribution in [3.63, 3.8) is 0 Å². The zero-order valence-corrected chi connectivity index (χ0v) is 10.6. The van der Waals surface area contributed by atoms with Gasteiger partial charge in [-0.25, -0.2) is 0 Å². The summed E-state index contributed by atoms with van der Waals surface area (Å²) in [7, 11) is 0. The molecule has 0 bridgehead atoms. The highest BCUT2D eigenvalue weighted by molar-refractivity contribution is 7.99. The Balaban J connectivity index is 3.31. The van der Waals surface area contributed by atoms with Gasteiger partial charge in [0.2, 0.25) is 0 Å². The standard InChI is InChI=1S/C11H25NS/c1-9(2)8-10(3)12-7-6-11(4)13-5/h9-12H,6-8H2,1-5H3. The van der Waals surface area contributed by atoms with Crippen LogP contribution in [0.2, 0.25) is 0 Å². The van der Waals surface area contributed by atoms with Crippen LogP contribution >= 0.6 is 11.8 Å². The summed E-state index contributed by atoms with van der Waals surface area (Å²) in [5.41, 5.74) is 0. The van der Waals surface area contributed by atoms with E-state index in [4.69, 9.17) is 0 Å². The van der Waals surface area contributed by atoms with E-state index in [1.54, 1.807) is 0 Å². The summed E-state index contributed by atoms with van der Waals surface area (Å²) < 4.78 is 0. The summed E-state index contributed by atoms with van der Waals surface area (Å²) in [4.78, 5) is 0. The smallest absolute Gasteiger partial charge is 0.00411 e. The van der Waals surface area contributed by atoms with Gasteiger partial charge in [0.1, 0.15) is 0 Å². The normalized spacial score (nSPS) is 16.2. The number of hydrogen-bond acceptors (Lipinski definition) is 2. The van der Waals surface area contributed by atoms with Crippen molar-refractivity contribution in [2.24, 2.45) is 5.92 Å². The molecule has 2 atom stereocenters. The van der Waals surface area contributed by atoms with Gasteiger partial charge in [0.15, 0.2) is 0 Å². The van der Waals surface area contributed by atoms with E-state index in [0.29, 0.717) is 6.04 Å². The van der Waals surface area contributed by atoms with Gasteiger partial charge in [0.05, 0.1) is 0 Å². The van der Waals surface area contributed by atoms with Gasteiger partial charge in [-0.2, -0.15) is 11.8 Å². The van der Waals surface area contributed by atoms with Gasteiger partial charge in [-0.3, -0.25) is 0 Å². The maximum absolute atomic E-state index is 3.57. The Morgan fingerprint density at radius 3 is 2.23 bits per heavy atom. The second-order valence-corrected chi connectivity index (χ2v) is 5.60. The molecule has 0 spiro atoms. The summed E-state index contributed by atoms with van der Waals surface area (Å²) in [6, 6.07) is 0.675. The van der Waals surface area contributed by atoms with E-state index < -0.39 is 0 Å². The Hall–Kier alpha value is 0.310. The molecule has 2 unspecified atom stereocenters. The lowest BCUT2D eigenvalue weighted by atomic mass is 10.1. The third kappa shape index (κ3) is 8.63. The molecule has 0 aromatic rings. The topological polar surface area (TPSA) is 12.0 Å². The number of nitrogens with one attached hydrogen (secondary N) is 1. The van der Waals surface area contributed by atoms with E-state index in [-0.39, 0.29) is 0 Å². The lowest BCUT2D eigenvalue weighted by Gasteiger charge is -2.17. The molecule has 0 aromatic carbocycles. The summed E-state index contributed by atoms with van der Waals surface area (Å²) in [6.07, 6.45) is 4.75. The molecule has 80 valence electrons. The molecule has 0 fully saturated rings. The van der Waals surface area contributed by atoms with Crippen molar-refractivity contribution in [2.45, 2.75) is 51.8 Å². The minimum absolute atomic E-state index is 0.675. The van der Waals surface area contributed by atoms with E-state index in [2.05, 4.69) is 39.3 Å². The van der Waals surface area contributed by atoms with Gasteiger partial charge in [-0.15, -0.1) is 0 Å². The van der Waals surface area contributed by atoms with Crippen LogP contribution in [0.4, 0.5) is 0 Å². The van der Waals surface area contributed by atoms with Crippen molar-refractivity contribution in [3.8, 4) is 0 Å². The lowest BCUT2D eigenvalue weighted by molar-refractivity contribution is 0.439. The Bertz CT molecular complexity index is 115. The maximum atomic E-state index is 3.57. The molecular weight excluding hydrogens is 178 g/mol. The third-order valence-corrected chi connectivity index (χ3v) is 3.31. The van der Waals surface area contributed by atoms with Crippen molar-refractivity contribution in [2.75, 3.05) is 12.8 Å². The van der Waals surface area contributed by atoms with Crippen LogP contribution in [-0.2, 0) is 0 Å². The van der Waals surface area contributed by atoms with Crippen LogP contribution in [0.1, 0.15) is 40.5 Å². The van der Waals surface area contributed by atoms with Gasteiger partial charge in [0.25, 0.3) is 0 Å². The molecule has 0 amide bonds. The Morgan fingerprint density at radius 1 is 1.15 bits per heavy atom. The molecule has 0 aliphatic rings. The highest BCUT2D eigenvalue weighted by Gasteiger charge is 2.04. The first-order valence-electron chi connectivity index (χ1n) is 5.32. The van der Waals surface area contributed by atoms with Crippen LogP contribution in [0.15, 0.2) is 0 Å². The molecule has 1 N–H and O–H groups in total. The second kappa shape index (κ2) is 7.69. The molecule has 0 aliphatic carbocycles. The van der Waals surface area contributed by atoms with E-state index >= 15 is 0 Å². The van der Waals surface area contributed by atoms with Gasteiger partial charge in [-0.1, -0.05) is 20.8 Å². The first-order chi connectivity index (χ1) is 6.06. The van der Waals surface area contributed by atoms with E-state index in [1.807, 2.05) is 11.8 Å². The van der Waals surface area contributed by atoms with Crippen molar-refractivity contribution in [1.82, 2.24) is 5.32 Å². The van der Waals surface area contributed by atoms with Crippen molar-refractivity contribution in [3.05, 3.63) is 0 Å². The molecule has 0 aromatic heterocycles. The second-order valence-electron chi connectivity index (χ2n) is 4.32. The number of hydrogen-bond donors (Lipinski definition) is 1. The predicted octanol–water partition coefficient (Wildman–Crippen LogP) is 3.15. The zero-order chi connectivity index (χ0) is 10.3. The van der Waals surface area contributed by atoms with Gasteiger partial charge in [-0.05, 0) is 38.5 Å². The molecular formula is C11H25NS. The molecule has 2 heteroatoms. The molecule has 0 rings (SSSR count). The first-order valence-corrected chi connectivity index (χ1v) is 6.61. The summed E-state index contributed by atoms with van der Waals surface area (Å²) in [5.74, 6) is 0.806. The van der Waals surface area contributed by atoms with Gasteiger partial charge < -0.3 is 5.32 Å². The molecule has 0 radical (unpaired) electrons. The molecule has 0 saturated heterocycles.